The summed E-state index contributed by atoms with van der Waals surface area (Å²) in [6.45, 7) is 0.956. The zero-order valence-corrected chi connectivity index (χ0v) is 9.36. The first-order chi connectivity index (χ1) is 7.31. The largest absolute Gasteiger partial charge is 0.294 e. The minimum Gasteiger partial charge on any atom is -0.294 e. The highest BCUT2D eigenvalue weighted by atomic mass is 32.2. The first-order valence-electron chi connectivity index (χ1n) is 4.23. The molecule has 1 aromatic carbocycles. The van der Waals surface area contributed by atoms with E-state index < -0.39 is 37.9 Å². The summed E-state index contributed by atoms with van der Waals surface area (Å²) < 4.78 is 51.2. The molecule has 0 saturated carbocycles. The lowest BCUT2D eigenvalue weighted by molar-refractivity contribution is 0.100. The van der Waals surface area contributed by atoms with Gasteiger partial charge in [0.25, 0.3) is 0 Å². The lowest BCUT2D eigenvalue weighted by Gasteiger charge is -2.07. The summed E-state index contributed by atoms with van der Waals surface area (Å²) in [4.78, 5) is 10.2. The molecule has 0 aliphatic rings. The molecular formula is C9H9F2NO3S. The second-order valence-electron chi connectivity index (χ2n) is 3.00. The Bertz CT molecular complexity index is 540. The minimum atomic E-state index is -4.05. The van der Waals surface area contributed by atoms with Gasteiger partial charge in [-0.25, -0.2) is 21.9 Å². The van der Waals surface area contributed by atoms with Crippen molar-refractivity contribution >= 4 is 15.8 Å². The van der Waals surface area contributed by atoms with Crippen LogP contribution in [0.3, 0.4) is 0 Å². The summed E-state index contributed by atoms with van der Waals surface area (Å²) in [7, 11) is -2.96. The van der Waals surface area contributed by atoms with Gasteiger partial charge in [-0.15, -0.1) is 0 Å². The predicted molar refractivity (Wildman–Crippen MR) is 52.6 cm³/mol. The van der Waals surface area contributed by atoms with Gasteiger partial charge in [0.05, 0.1) is 5.56 Å². The van der Waals surface area contributed by atoms with E-state index in [2.05, 4.69) is 0 Å². The van der Waals surface area contributed by atoms with E-state index in [1.165, 1.54) is 0 Å². The summed E-state index contributed by atoms with van der Waals surface area (Å²) in [6, 6.07) is 1.51. The van der Waals surface area contributed by atoms with E-state index in [-0.39, 0.29) is 0 Å². The molecule has 0 unspecified atom stereocenters. The number of halogens is 2. The molecule has 0 heterocycles. The Morgan fingerprint density at radius 3 is 2.31 bits per heavy atom. The average molecular weight is 249 g/mol. The summed E-state index contributed by atoms with van der Waals surface area (Å²) >= 11 is 0. The van der Waals surface area contributed by atoms with Crippen LogP contribution in [0.1, 0.15) is 17.3 Å². The Morgan fingerprint density at radius 2 is 1.88 bits per heavy atom. The Labute approximate surface area is 91.3 Å². The third kappa shape index (κ3) is 2.10. The number of rotatable bonds is 3. The number of hydrogen-bond donors (Lipinski definition) is 1. The average Bonchev–Trinajstić information content (AvgIpc) is 2.16. The third-order valence-electron chi connectivity index (χ3n) is 1.97. The molecule has 1 N–H and O–H groups in total. The highest BCUT2D eigenvalue weighted by Crippen LogP contribution is 2.21. The molecule has 0 saturated heterocycles. The van der Waals surface area contributed by atoms with Gasteiger partial charge in [-0.3, -0.25) is 4.79 Å². The van der Waals surface area contributed by atoms with Gasteiger partial charge in [-0.2, -0.15) is 0 Å². The summed E-state index contributed by atoms with van der Waals surface area (Å²) in [5, 5.41) is 0. The number of carbonyl (C=O) groups is 1. The van der Waals surface area contributed by atoms with E-state index in [0.29, 0.717) is 0 Å². The van der Waals surface area contributed by atoms with E-state index in [1.54, 1.807) is 0 Å². The maximum atomic E-state index is 13.6. The monoisotopic (exact) mass is 249 g/mol. The van der Waals surface area contributed by atoms with Gasteiger partial charge in [0.15, 0.2) is 11.6 Å². The number of Topliss-reactive ketones (excluding diaryl/α,β-unsaturated/α-hetero) is 1. The highest BCUT2D eigenvalue weighted by molar-refractivity contribution is 7.89. The van der Waals surface area contributed by atoms with Crippen LogP contribution >= 0.6 is 0 Å². The van der Waals surface area contributed by atoms with Crippen molar-refractivity contribution in [2.45, 2.75) is 11.8 Å². The van der Waals surface area contributed by atoms with Crippen molar-refractivity contribution in [2.24, 2.45) is 0 Å². The standard InChI is InChI=1S/C9H9F2NO3S/c1-5(13)8-6(10)3-4-7(9(8)11)16(14,15)12-2/h3-4,12H,1-2H3. The van der Waals surface area contributed by atoms with Gasteiger partial charge < -0.3 is 0 Å². The molecule has 0 aromatic heterocycles. The van der Waals surface area contributed by atoms with Crippen LogP contribution in [-0.2, 0) is 10.0 Å². The van der Waals surface area contributed by atoms with Crippen molar-refractivity contribution in [1.82, 2.24) is 4.72 Å². The SMILES string of the molecule is CNS(=O)(=O)c1ccc(F)c(C(C)=O)c1F. The molecule has 7 heteroatoms. The maximum absolute atomic E-state index is 13.6. The number of nitrogens with one attached hydrogen (secondary N) is 1. The Hall–Kier alpha value is -1.34. The Balaban J connectivity index is 3.59. The topological polar surface area (TPSA) is 63.2 Å². The number of ketones is 1. The second kappa shape index (κ2) is 4.26. The van der Waals surface area contributed by atoms with E-state index in [9.17, 15) is 22.0 Å². The van der Waals surface area contributed by atoms with Crippen LogP contribution < -0.4 is 4.72 Å². The number of sulfonamides is 1. The molecule has 4 nitrogen and oxygen atoms in total. The lowest BCUT2D eigenvalue weighted by atomic mass is 10.1. The van der Waals surface area contributed by atoms with Crippen molar-refractivity contribution in [1.29, 1.82) is 0 Å². The first-order valence-corrected chi connectivity index (χ1v) is 5.72. The number of carbonyl (C=O) groups excluding carboxylic acids is 1. The Kier molecular flexibility index (Phi) is 3.39. The Morgan fingerprint density at radius 1 is 1.31 bits per heavy atom. The predicted octanol–water partition coefficient (Wildman–Crippen LogP) is 1.08. The fourth-order valence-electron chi connectivity index (χ4n) is 1.17. The van der Waals surface area contributed by atoms with Crippen molar-refractivity contribution in [3.63, 3.8) is 0 Å². The highest BCUT2D eigenvalue weighted by Gasteiger charge is 2.24. The molecule has 88 valence electrons. The van der Waals surface area contributed by atoms with Crippen LogP contribution in [0.2, 0.25) is 0 Å². The summed E-state index contributed by atoms with van der Waals surface area (Å²) in [6.07, 6.45) is 0. The molecule has 1 aromatic rings. The van der Waals surface area contributed by atoms with Crippen molar-refractivity contribution in [3.05, 3.63) is 29.3 Å². The van der Waals surface area contributed by atoms with Crippen molar-refractivity contribution < 1.29 is 22.0 Å². The molecule has 0 bridgehead atoms. The normalized spacial score (nSPS) is 11.5. The van der Waals surface area contributed by atoms with Gasteiger partial charge in [-0.1, -0.05) is 0 Å². The lowest BCUT2D eigenvalue weighted by Crippen LogP contribution is -2.21. The van der Waals surface area contributed by atoms with E-state index in [1.807, 2.05) is 4.72 Å². The number of hydrogen-bond acceptors (Lipinski definition) is 3. The van der Waals surface area contributed by atoms with Crippen LogP contribution in [0, 0.1) is 11.6 Å². The summed E-state index contributed by atoms with van der Waals surface area (Å²) in [5.74, 6) is -3.33. The van der Waals surface area contributed by atoms with Gasteiger partial charge in [0.2, 0.25) is 10.0 Å². The number of benzene rings is 1. The minimum absolute atomic E-state index is 0.740. The van der Waals surface area contributed by atoms with E-state index >= 15 is 0 Å². The molecule has 0 fully saturated rings. The van der Waals surface area contributed by atoms with Crippen molar-refractivity contribution in [2.75, 3.05) is 7.05 Å². The molecule has 0 aliphatic carbocycles. The molecule has 0 amide bonds. The fourth-order valence-corrected chi connectivity index (χ4v) is 1.98. The quantitative estimate of drug-likeness (QED) is 0.815. The van der Waals surface area contributed by atoms with Gasteiger partial charge in [0, 0.05) is 0 Å². The third-order valence-corrected chi connectivity index (χ3v) is 3.40. The zero-order valence-electron chi connectivity index (χ0n) is 8.54. The maximum Gasteiger partial charge on any atom is 0.243 e. The van der Waals surface area contributed by atoms with Crippen LogP contribution in [0.4, 0.5) is 8.78 Å². The fraction of sp³-hybridized carbons (Fsp3) is 0.222. The molecule has 16 heavy (non-hydrogen) atoms. The molecule has 0 atom stereocenters. The molecule has 0 aliphatic heterocycles. The smallest absolute Gasteiger partial charge is 0.243 e. The van der Waals surface area contributed by atoms with Crippen LogP contribution in [-0.4, -0.2) is 21.2 Å². The van der Waals surface area contributed by atoms with Crippen LogP contribution in [0.5, 0.6) is 0 Å². The molecule has 0 radical (unpaired) electrons. The zero-order chi connectivity index (χ0) is 12.5. The molecule has 0 spiro atoms. The van der Waals surface area contributed by atoms with Gasteiger partial charge in [-0.05, 0) is 26.1 Å². The summed E-state index contributed by atoms with van der Waals surface area (Å²) in [5.41, 5.74) is -0.851. The molecular weight excluding hydrogens is 240 g/mol. The van der Waals surface area contributed by atoms with Gasteiger partial charge >= 0.3 is 0 Å². The van der Waals surface area contributed by atoms with Gasteiger partial charge in [0.1, 0.15) is 10.7 Å². The van der Waals surface area contributed by atoms with Crippen LogP contribution in [0.15, 0.2) is 17.0 Å². The van der Waals surface area contributed by atoms with Crippen molar-refractivity contribution in [3.8, 4) is 0 Å². The second-order valence-corrected chi connectivity index (χ2v) is 4.85. The van der Waals surface area contributed by atoms with E-state index in [0.717, 1.165) is 26.1 Å². The first kappa shape index (κ1) is 12.7. The van der Waals surface area contributed by atoms with Crippen LogP contribution in [0.25, 0.3) is 0 Å². The molecule has 1 rings (SSSR count). The van der Waals surface area contributed by atoms with E-state index in [4.69, 9.17) is 0 Å².